The maximum Gasteiger partial charge on any atom is 0.0675 e. The summed E-state index contributed by atoms with van der Waals surface area (Å²) in [7, 11) is 1.96. The highest BCUT2D eigenvalue weighted by atomic mass is 15.3. The topological polar surface area (TPSA) is 29.9 Å². The average Bonchev–Trinajstić information content (AvgIpc) is 2.65. The van der Waals surface area contributed by atoms with Gasteiger partial charge in [0.15, 0.2) is 0 Å². The molecule has 0 radical (unpaired) electrons. The summed E-state index contributed by atoms with van der Waals surface area (Å²) in [5, 5.41) is 7.48. The van der Waals surface area contributed by atoms with E-state index in [0.717, 1.165) is 12.2 Å². The Morgan fingerprint density at radius 2 is 2.12 bits per heavy atom. The number of aryl methyl sites for hydroxylation is 2. The van der Waals surface area contributed by atoms with Crippen LogP contribution in [0.5, 0.6) is 0 Å². The Hall–Kier alpha value is -1.61. The van der Waals surface area contributed by atoms with Gasteiger partial charge in [0.2, 0.25) is 0 Å². The number of aromatic nitrogens is 2. The maximum atomic E-state index is 4.32. The molecule has 84 valence electrons. The molecule has 0 saturated carbocycles. The van der Waals surface area contributed by atoms with Crippen molar-refractivity contribution >= 4 is 0 Å². The van der Waals surface area contributed by atoms with Crippen molar-refractivity contribution in [1.82, 2.24) is 15.1 Å². The van der Waals surface area contributed by atoms with E-state index in [2.05, 4.69) is 35.5 Å². The van der Waals surface area contributed by atoms with Gasteiger partial charge in [-0.05, 0) is 43.7 Å². The molecule has 3 heteroatoms. The quantitative estimate of drug-likeness (QED) is 0.850. The first-order valence-corrected chi connectivity index (χ1v) is 5.46. The van der Waals surface area contributed by atoms with Crippen molar-refractivity contribution in [2.24, 2.45) is 0 Å². The molecule has 1 N–H and O–H groups in total. The molecule has 0 spiro atoms. The summed E-state index contributed by atoms with van der Waals surface area (Å²) in [4.78, 5) is 0. The van der Waals surface area contributed by atoms with Gasteiger partial charge in [-0.1, -0.05) is 12.1 Å². The fourth-order valence-electron chi connectivity index (χ4n) is 1.83. The SMILES string of the molecule is CNCc1ccc(-n2cc(C)cn2)c(C)c1. The number of hydrogen-bond acceptors (Lipinski definition) is 2. The van der Waals surface area contributed by atoms with Crippen LogP contribution in [0.15, 0.2) is 30.6 Å². The molecule has 16 heavy (non-hydrogen) atoms. The summed E-state index contributed by atoms with van der Waals surface area (Å²) in [6, 6.07) is 6.45. The highest BCUT2D eigenvalue weighted by Gasteiger charge is 2.03. The molecule has 0 unspecified atom stereocenters. The molecule has 2 rings (SSSR count). The van der Waals surface area contributed by atoms with Gasteiger partial charge < -0.3 is 5.32 Å². The lowest BCUT2D eigenvalue weighted by Gasteiger charge is -2.08. The van der Waals surface area contributed by atoms with Crippen LogP contribution in [0.4, 0.5) is 0 Å². The smallest absolute Gasteiger partial charge is 0.0675 e. The summed E-state index contributed by atoms with van der Waals surface area (Å²) in [5.74, 6) is 0. The third-order valence-electron chi connectivity index (χ3n) is 2.60. The van der Waals surface area contributed by atoms with E-state index in [-0.39, 0.29) is 0 Å². The minimum Gasteiger partial charge on any atom is -0.316 e. The van der Waals surface area contributed by atoms with Crippen LogP contribution in [0.2, 0.25) is 0 Å². The largest absolute Gasteiger partial charge is 0.316 e. The molecule has 0 aliphatic heterocycles. The zero-order valence-corrected chi connectivity index (χ0v) is 9.99. The zero-order chi connectivity index (χ0) is 11.5. The predicted octanol–water partition coefficient (Wildman–Crippen LogP) is 2.21. The number of nitrogens with zero attached hydrogens (tertiary/aromatic N) is 2. The van der Waals surface area contributed by atoms with Crippen molar-refractivity contribution < 1.29 is 0 Å². The Balaban J connectivity index is 2.36. The monoisotopic (exact) mass is 215 g/mol. The summed E-state index contributed by atoms with van der Waals surface area (Å²) in [6.07, 6.45) is 3.92. The van der Waals surface area contributed by atoms with Gasteiger partial charge in [0.1, 0.15) is 0 Å². The first-order chi connectivity index (χ1) is 7.70. The van der Waals surface area contributed by atoms with Gasteiger partial charge in [0, 0.05) is 12.7 Å². The first kappa shape index (κ1) is 10.9. The second kappa shape index (κ2) is 4.49. The molecule has 0 aliphatic carbocycles. The Kier molecular flexibility index (Phi) is 3.06. The highest BCUT2D eigenvalue weighted by Crippen LogP contribution is 2.15. The van der Waals surface area contributed by atoms with Crippen LogP contribution in [0.3, 0.4) is 0 Å². The number of rotatable bonds is 3. The first-order valence-electron chi connectivity index (χ1n) is 5.46. The summed E-state index contributed by atoms with van der Waals surface area (Å²) < 4.78 is 1.92. The molecular formula is C13H17N3. The fourth-order valence-corrected chi connectivity index (χ4v) is 1.83. The molecule has 0 atom stereocenters. The van der Waals surface area contributed by atoms with Gasteiger partial charge in [-0.15, -0.1) is 0 Å². The third-order valence-corrected chi connectivity index (χ3v) is 2.60. The van der Waals surface area contributed by atoms with E-state index < -0.39 is 0 Å². The van der Waals surface area contributed by atoms with Gasteiger partial charge in [0.25, 0.3) is 0 Å². The van der Waals surface area contributed by atoms with E-state index in [0.29, 0.717) is 0 Å². The van der Waals surface area contributed by atoms with E-state index in [4.69, 9.17) is 0 Å². The fraction of sp³-hybridized carbons (Fsp3) is 0.308. The molecule has 0 aliphatic rings. The van der Waals surface area contributed by atoms with Crippen LogP contribution >= 0.6 is 0 Å². The van der Waals surface area contributed by atoms with Crippen LogP contribution < -0.4 is 5.32 Å². The second-order valence-corrected chi connectivity index (χ2v) is 4.11. The molecule has 3 nitrogen and oxygen atoms in total. The van der Waals surface area contributed by atoms with E-state index in [9.17, 15) is 0 Å². The minimum absolute atomic E-state index is 0.902. The molecule has 2 aromatic rings. The lowest BCUT2D eigenvalue weighted by molar-refractivity contribution is 0.813. The Morgan fingerprint density at radius 1 is 1.31 bits per heavy atom. The third kappa shape index (κ3) is 2.14. The molecule has 1 aromatic heterocycles. The zero-order valence-electron chi connectivity index (χ0n) is 9.99. The summed E-state index contributed by atoms with van der Waals surface area (Å²) in [5.41, 5.74) is 4.87. The standard InChI is InChI=1S/C13H17N3/c1-10-7-15-16(9-10)13-5-4-12(8-14-3)6-11(13)2/h4-7,9,14H,8H2,1-3H3. The lowest BCUT2D eigenvalue weighted by atomic mass is 10.1. The van der Waals surface area contributed by atoms with Gasteiger partial charge >= 0.3 is 0 Å². The van der Waals surface area contributed by atoms with Gasteiger partial charge in [0.05, 0.1) is 11.9 Å². The average molecular weight is 215 g/mol. The number of hydrogen-bond donors (Lipinski definition) is 1. The van der Waals surface area contributed by atoms with Crippen molar-refractivity contribution in [2.45, 2.75) is 20.4 Å². The van der Waals surface area contributed by atoms with Crippen molar-refractivity contribution in [3.8, 4) is 5.69 Å². The van der Waals surface area contributed by atoms with Gasteiger partial charge in [-0.3, -0.25) is 0 Å². The molecule has 0 amide bonds. The van der Waals surface area contributed by atoms with Crippen molar-refractivity contribution in [3.05, 3.63) is 47.3 Å². The van der Waals surface area contributed by atoms with Gasteiger partial charge in [-0.2, -0.15) is 5.10 Å². The molecule has 1 heterocycles. The summed E-state index contributed by atoms with van der Waals surface area (Å²) >= 11 is 0. The van der Waals surface area contributed by atoms with E-state index in [1.54, 1.807) is 0 Å². The molecular weight excluding hydrogens is 198 g/mol. The Bertz CT molecular complexity index is 486. The van der Waals surface area contributed by atoms with E-state index >= 15 is 0 Å². The van der Waals surface area contributed by atoms with Crippen LogP contribution in [0, 0.1) is 13.8 Å². The molecule has 0 fully saturated rings. The van der Waals surface area contributed by atoms with E-state index in [1.807, 2.05) is 31.0 Å². The second-order valence-electron chi connectivity index (χ2n) is 4.11. The predicted molar refractivity (Wildman–Crippen MR) is 65.8 cm³/mol. The lowest BCUT2D eigenvalue weighted by Crippen LogP contribution is -2.06. The number of nitrogens with one attached hydrogen (secondary N) is 1. The van der Waals surface area contributed by atoms with Crippen LogP contribution in [-0.4, -0.2) is 16.8 Å². The Morgan fingerprint density at radius 3 is 2.69 bits per heavy atom. The number of benzene rings is 1. The minimum atomic E-state index is 0.902. The molecule has 0 bridgehead atoms. The highest BCUT2D eigenvalue weighted by molar-refractivity contribution is 5.42. The van der Waals surface area contributed by atoms with E-state index in [1.165, 1.54) is 16.7 Å². The van der Waals surface area contributed by atoms with Crippen molar-refractivity contribution in [2.75, 3.05) is 7.05 Å². The molecule has 1 aromatic carbocycles. The molecule has 0 saturated heterocycles. The van der Waals surface area contributed by atoms with Crippen molar-refractivity contribution in [3.63, 3.8) is 0 Å². The van der Waals surface area contributed by atoms with Crippen LogP contribution in [-0.2, 0) is 6.54 Å². The summed E-state index contributed by atoms with van der Waals surface area (Å²) in [6.45, 7) is 5.07. The van der Waals surface area contributed by atoms with Crippen LogP contribution in [0.25, 0.3) is 5.69 Å². The maximum absolute atomic E-state index is 4.32. The van der Waals surface area contributed by atoms with Crippen LogP contribution in [0.1, 0.15) is 16.7 Å². The Labute approximate surface area is 96.1 Å². The van der Waals surface area contributed by atoms with Gasteiger partial charge in [-0.25, -0.2) is 4.68 Å². The normalized spacial score (nSPS) is 10.7. The van der Waals surface area contributed by atoms with Crippen molar-refractivity contribution in [1.29, 1.82) is 0 Å².